The Kier molecular flexibility index (Phi) is 2.88. The lowest BCUT2D eigenvalue weighted by atomic mass is 10.1. The second-order valence-electron chi connectivity index (χ2n) is 4.04. The van der Waals surface area contributed by atoms with Gasteiger partial charge in [-0.15, -0.1) is 11.6 Å². The second kappa shape index (κ2) is 4.53. The van der Waals surface area contributed by atoms with Crippen molar-refractivity contribution in [2.45, 2.75) is 12.3 Å². The van der Waals surface area contributed by atoms with Crippen molar-refractivity contribution in [2.24, 2.45) is 0 Å². The maximum atomic E-state index is 5.92. The highest BCUT2D eigenvalue weighted by Gasteiger charge is 2.15. The number of fused-ring (bicyclic) bond motifs is 1. The highest BCUT2D eigenvalue weighted by Crippen LogP contribution is 2.35. The van der Waals surface area contributed by atoms with Crippen LogP contribution in [0.5, 0.6) is 11.5 Å². The standard InChI is InChI=1S/C13H12ClNO3/c1-8(14)13-15-7-12(18-13)9-2-3-10-11(6-9)17-5-4-16-10/h2-3,6-8H,4-5H2,1H3. The molecule has 0 radical (unpaired) electrons. The third-order valence-electron chi connectivity index (χ3n) is 2.69. The average Bonchev–Trinajstić information content (AvgIpc) is 2.88. The summed E-state index contributed by atoms with van der Waals surface area (Å²) in [7, 11) is 0. The Labute approximate surface area is 109 Å². The monoisotopic (exact) mass is 265 g/mol. The zero-order valence-electron chi connectivity index (χ0n) is 9.85. The van der Waals surface area contributed by atoms with Crippen molar-refractivity contribution >= 4 is 11.6 Å². The molecule has 1 unspecified atom stereocenters. The van der Waals surface area contributed by atoms with Crippen LogP contribution in [0.15, 0.2) is 28.8 Å². The average molecular weight is 266 g/mol. The molecule has 1 aliphatic rings. The van der Waals surface area contributed by atoms with E-state index in [1.165, 1.54) is 0 Å². The molecular formula is C13H12ClNO3. The van der Waals surface area contributed by atoms with Crippen molar-refractivity contribution in [2.75, 3.05) is 13.2 Å². The van der Waals surface area contributed by atoms with Gasteiger partial charge in [0.2, 0.25) is 5.89 Å². The lowest BCUT2D eigenvalue weighted by Gasteiger charge is -2.18. The Hall–Kier alpha value is -1.68. The van der Waals surface area contributed by atoms with E-state index in [0.717, 1.165) is 17.1 Å². The summed E-state index contributed by atoms with van der Waals surface area (Å²) in [6.07, 6.45) is 1.67. The predicted octanol–water partition coefficient (Wildman–Crippen LogP) is 3.41. The molecule has 94 valence electrons. The summed E-state index contributed by atoms with van der Waals surface area (Å²) in [5, 5.41) is -0.240. The molecule has 0 amide bonds. The van der Waals surface area contributed by atoms with Gasteiger partial charge >= 0.3 is 0 Å². The summed E-state index contributed by atoms with van der Waals surface area (Å²) < 4.78 is 16.6. The number of benzene rings is 1. The zero-order valence-corrected chi connectivity index (χ0v) is 10.6. The molecular weight excluding hydrogens is 254 g/mol. The summed E-state index contributed by atoms with van der Waals surface area (Å²) in [5.41, 5.74) is 0.898. The van der Waals surface area contributed by atoms with Crippen molar-refractivity contribution in [1.82, 2.24) is 4.98 Å². The molecule has 0 spiro atoms. The lowest BCUT2D eigenvalue weighted by Crippen LogP contribution is -2.15. The van der Waals surface area contributed by atoms with E-state index in [4.69, 9.17) is 25.5 Å². The van der Waals surface area contributed by atoms with Crippen LogP contribution in [0, 0.1) is 0 Å². The van der Waals surface area contributed by atoms with Crippen molar-refractivity contribution in [3.05, 3.63) is 30.3 Å². The molecule has 0 saturated carbocycles. The molecule has 0 N–H and O–H groups in total. The Bertz CT molecular complexity index is 565. The normalized spacial score (nSPS) is 15.4. The fourth-order valence-electron chi connectivity index (χ4n) is 1.80. The van der Waals surface area contributed by atoms with E-state index in [0.29, 0.717) is 24.9 Å². The number of alkyl halides is 1. The van der Waals surface area contributed by atoms with Crippen LogP contribution >= 0.6 is 11.6 Å². The Morgan fingerprint density at radius 3 is 2.72 bits per heavy atom. The van der Waals surface area contributed by atoms with E-state index >= 15 is 0 Å². The molecule has 0 saturated heterocycles. The van der Waals surface area contributed by atoms with E-state index in [1.54, 1.807) is 6.20 Å². The molecule has 4 nitrogen and oxygen atoms in total. The van der Waals surface area contributed by atoms with Gasteiger partial charge in [-0.3, -0.25) is 0 Å². The summed E-state index contributed by atoms with van der Waals surface area (Å²) in [6, 6.07) is 5.67. The van der Waals surface area contributed by atoms with E-state index in [2.05, 4.69) is 4.98 Å². The third-order valence-corrected chi connectivity index (χ3v) is 2.88. The van der Waals surface area contributed by atoms with Gasteiger partial charge in [-0.25, -0.2) is 4.98 Å². The number of nitrogens with zero attached hydrogens (tertiary/aromatic N) is 1. The number of rotatable bonds is 2. The van der Waals surface area contributed by atoms with E-state index in [-0.39, 0.29) is 5.38 Å². The largest absolute Gasteiger partial charge is 0.486 e. The SMILES string of the molecule is CC(Cl)c1ncc(-c2ccc3c(c2)OCCO3)o1. The molecule has 18 heavy (non-hydrogen) atoms. The molecule has 1 aliphatic heterocycles. The summed E-state index contributed by atoms with van der Waals surface area (Å²) >= 11 is 5.92. The fourth-order valence-corrected chi connectivity index (χ4v) is 1.90. The zero-order chi connectivity index (χ0) is 12.5. The third kappa shape index (κ3) is 2.04. The molecule has 0 fully saturated rings. The molecule has 2 aromatic rings. The number of hydrogen-bond donors (Lipinski definition) is 0. The number of oxazole rings is 1. The first-order valence-electron chi connectivity index (χ1n) is 5.74. The molecule has 1 aromatic heterocycles. The maximum Gasteiger partial charge on any atom is 0.212 e. The maximum absolute atomic E-state index is 5.92. The van der Waals surface area contributed by atoms with Crippen LogP contribution in [-0.2, 0) is 0 Å². The van der Waals surface area contributed by atoms with Gasteiger partial charge in [0, 0.05) is 5.56 Å². The van der Waals surface area contributed by atoms with Crippen LogP contribution in [0.3, 0.4) is 0 Å². The first-order chi connectivity index (χ1) is 8.74. The molecule has 1 atom stereocenters. The smallest absolute Gasteiger partial charge is 0.212 e. The van der Waals surface area contributed by atoms with Crippen LogP contribution in [0.1, 0.15) is 18.2 Å². The molecule has 1 aromatic carbocycles. The van der Waals surface area contributed by atoms with Crippen LogP contribution in [0.2, 0.25) is 0 Å². The van der Waals surface area contributed by atoms with Gasteiger partial charge in [-0.2, -0.15) is 0 Å². The Balaban J connectivity index is 1.95. The van der Waals surface area contributed by atoms with Gasteiger partial charge in [-0.05, 0) is 25.1 Å². The van der Waals surface area contributed by atoms with Crippen LogP contribution < -0.4 is 9.47 Å². The highest BCUT2D eigenvalue weighted by molar-refractivity contribution is 6.20. The Morgan fingerprint density at radius 1 is 1.22 bits per heavy atom. The summed E-state index contributed by atoms with van der Waals surface area (Å²) in [6.45, 7) is 2.97. The van der Waals surface area contributed by atoms with E-state index < -0.39 is 0 Å². The number of halogens is 1. The minimum absolute atomic E-state index is 0.240. The number of ether oxygens (including phenoxy) is 2. The van der Waals surface area contributed by atoms with Crippen LogP contribution in [0.25, 0.3) is 11.3 Å². The molecule has 2 heterocycles. The number of aromatic nitrogens is 1. The predicted molar refractivity (Wildman–Crippen MR) is 67.2 cm³/mol. The molecule has 0 aliphatic carbocycles. The van der Waals surface area contributed by atoms with Gasteiger partial charge < -0.3 is 13.9 Å². The Morgan fingerprint density at radius 2 is 2.00 bits per heavy atom. The van der Waals surface area contributed by atoms with E-state index in [1.807, 2.05) is 25.1 Å². The topological polar surface area (TPSA) is 44.5 Å². The van der Waals surface area contributed by atoms with Crippen LogP contribution in [0.4, 0.5) is 0 Å². The fraction of sp³-hybridized carbons (Fsp3) is 0.308. The molecule has 3 rings (SSSR count). The lowest BCUT2D eigenvalue weighted by molar-refractivity contribution is 0.171. The highest BCUT2D eigenvalue weighted by atomic mass is 35.5. The minimum atomic E-state index is -0.240. The first kappa shape index (κ1) is 11.4. The number of hydrogen-bond acceptors (Lipinski definition) is 4. The van der Waals surface area contributed by atoms with Crippen molar-refractivity contribution in [1.29, 1.82) is 0 Å². The second-order valence-corrected chi connectivity index (χ2v) is 4.69. The summed E-state index contributed by atoms with van der Waals surface area (Å²) in [5.74, 6) is 2.68. The van der Waals surface area contributed by atoms with Crippen molar-refractivity contribution < 1.29 is 13.9 Å². The van der Waals surface area contributed by atoms with Crippen LogP contribution in [-0.4, -0.2) is 18.2 Å². The molecule has 5 heteroatoms. The minimum Gasteiger partial charge on any atom is -0.486 e. The van der Waals surface area contributed by atoms with Gasteiger partial charge in [-0.1, -0.05) is 0 Å². The van der Waals surface area contributed by atoms with Gasteiger partial charge in [0.1, 0.15) is 18.6 Å². The van der Waals surface area contributed by atoms with Gasteiger partial charge in [0.05, 0.1) is 6.20 Å². The first-order valence-corrected chi connectivity index (χ1v) is 6.17. The van der Waals surface area contributed by atoms with Crippen molar-refractivity contribution in [3.8, 4) is 22.8 Å². The van der Waals surface area contributed by atoms with Gasteiger partial charge in [0.15, 0.2) is 17.3 Å². The van der Waals surface area contributed by atoms with Crippen molar-refractivity contribution in [3.63, 3.8) is 0 Å². The summed E-state index contributed by atoms with van der Waals surface area (Å²) in [4.78, 5) is 4.13. The van der Waals surface area contributed by atoms with Gasteiger partial charge in [0.25, 0.3) is 0 Å². The molecule has 0 bridgehead atoms. The van der Waals surface area contributed by atoms with E-state index in [9.17, 15) is 0 Å². The quantitative estimate of drug-likeness (QED) is 0.781.